The number of unbranched alkanes of at least 4 members (excludes halogenated alkanes) is 11. The maximum absolute atomic E-state index is 12.4. The van der Waals surface area contributed by atoms with Crippen LogP contribution in [0.4, 0.5) is 0 Å². The van der Waals surface area contributed by atoms with Crippen molar-refractivity contribution in [1.29, 1.82) is 0 Å². The first-order valence-electron chi connectivity index (χ1n) is 11.9. The largest absolute Gasteiger partial charge is 0.422 e. The molecule has 164 valence electrons. The standard InChI is InChI=1S/C27H38O3/c1-2-3-4-5-6-7-8-9-10-11-12-13-14-15-16-20-25(28)24-22-23-19-17-18-21-26(23)30-27(24)29/h9-10,17-19,21-22H,2-8,11-16,20H2,1H3/b10-9+. The van der Waals surface area contributed by atoms with Crippen molar-refractivity contribution >= 4 is 16.8 Å². The van der Waals surface area contributed by atoms with Crippen LogP contribution in [0.1, 0.15) is 107 Å². The summed E-state index contributed by atoms with van der Waals surface area (Å²) in [5.41, 5.74) is 0.190. The minimum Gasteiger partial charge on any atom is -0.422 e. The lowest BCUT2D eigenvalue weighted by Crippen LogP contribution is -2.13. The van der Waals surface area contributed by atoms with Gasteiger partial charge in [-0.15, -0.1) is 0 Å². The van der Waals surface area contributed by atoms with Gasteiger partial charge in [0, 0.05) is 11.8 Å². The summed E-state index contributed by atoms with van der Waals surface area (Å²) >= 11 is 0. The van der Waals surface area contributed by atoms with E-state index in [1.807, 2.05) is 18.2 Å². The number of benzene rings is 1. The van der Waals surface area contributed by atoms with Crippen molar-refractivity contribution < 1.29 is 9.21 Å². The molecule has 1 aromatic carbocycles. The number of carbonyl (C=O) groups excluding carboxylic acids is 1. The zero-order valence-corrected chi connectivity index (χ0v) is 18.7. The lowest BCUT2D eigenvalue weighted by atomic mass is 10.0. The smallest absolute Gasteiger partial charge is 0.347 e. The van der Waals surface area contributed by atoms with Gasteiger partial charge in [-0.2, -0.15) is 0 Å². The van der Waals surface area contributed by atoms with Crippen molar-refractivity contribution in [1.82, 2.24) is 0 Å². The molecule has 0 aliphatic rings. The van der Waals surface area contributed by atoms with Gasteiger partial charge in [0.1, 0.15) is 11.1 Å². The van der Waals surface area contributed by atoms with Crippen LogP contribution in [-0.4, -0.2) is 5.78 Å². The van der Waals surface area contributed by atoms with Gasteiger partial charge in [0.25, 0.3) is 0 Å². The van der Waals surface area contributed by atoms with Crippen LogP contribution in [0.15, 0.2) is 51.7 Å². The summed E-state index contributed by atoms with van der Waals surface area (Å²) in [5, 5.41) is 0.796. The lowest BCUT2D eigenvalue weighted by molar-refractivity contribution is 0.0975. The predicted octanol–water partition coefficient (Wildman–Crippen LogP) is 8.01. The summed E-state index contributed by atoms with van der Waals surface area (Å²) < 4.78 is 5.26. The van der Waals surface area contributed by atoms with Crippen LogP contribution in [0.5, 0.6) is 0 Å². The minimum atomic E-state index is -0.522. The molecule has 0 fully saturated rings. The number of hydrogen-bond acceptors (Lipinski definition) is 3. The van der Waals surface area contributed by atoms with Gasteiger partial charge < -0.3 is 4.42 Å². The van der Waals surface area contributed by atoms with Crippen LogP contribution in [0, 0.1) is 0 Å². The fourth-order valence-electron chi connectivity index (χ4n) is 3.75. The zero-order valence-electron chi connectivity index (χ0n) is 18.7. The van der Waals surface area contributed by atoms with E-state index in [4.69, 9.17) is 4.42 Å². The normalized spacial score (nSPS) is 11.5. The highest BCUT2D eigenvalue weighted by Crippen LogP contribution is 2.15. The Morgan fingerprint density at radius 2 is 1.43 bits per heavy atom. The molecule has 3 nitrogen and oxygen atoms in total. The molecule has 0 N–H and O–H groups in total. The highest BCUT2D eigenvalue weighted by Gasteiger charge is 2.13. The van der Waals surface area contributed by atoms with Crippen LogP contribution in [0.25, 0.3) is 11.0 Å². The van der Waals surface area contributed by atoms with E-state index in [9.17, 15) is 9.59 Å². The number of carbonyl (C=O) groups is 1. The number of para-hydroxylation sites is 1. The molecule has 2 aromatic rings. The molecule has 2 rings (SSSR count). The Labute approximate surface area is 181 Å². The molecule has 0 bridgehead atoms. The third-order valence-electron chi connectivity index (χ3n) is 5.61. The second-order valence-electron chi connectivity index (χ2n) is 8.24. The van der Waals surface area contributed by atoms with E-state index in [1.165, 1.54) is 57.8 Å². The van der Waals surface area contributed by atoms with Crippen molar-refractivity contribution in [2.75, 3.05) is 0 Å². The van der Waals surface area contributed by atoms with Crippen molar-refractivity contribution in [3.05, 3.63) is 58.5 Å². The first-order chi connectivity index (χ1) is 14.7. The minimum absolute atomic E-state index is 0.105. The van der Waals surface area contributed by atoms with Gasteiger partial charge in [-0.1, -0.05) is 88.6 Å². The van der Waals surface area contributed by atoms with Crippen molar-refractivity contribution in [3.63, 3.8) is 0 Å². The molecule has 0 radical (unpaired) electrons. The molecule has 0 aliphatic carbocycles. The van der Waals surface area contributed by atoms with Crippen LogP contribution < -0.4 is 5.63 Å². The Morgan fingerprint density at radius 1 is 0.833 bits per heavy atom. The Morgan fingerprint density at radius 3 is 2.13 bits per heavy atom. The number of fused-ring (bicyclic) bond motifs is 1. The molecule has 1 heterocycles. The van der Waals surface area contributed by atoms with E-state index in [2.05, 4.69) is 19.1 Å². The monoisotopic (exact) mass is 410 g/mol. The Bertz CT molecular complexity index is 831. The third-order valence-corrected chi connectivity index (χ3v) is 5.61. The molecule has 0 aliphatic heterocycles. The van der Waals surface area contributed by atoms with E-state index < -0.39 is 5.63 Å². The molecular weight excluding hydrogens is 372 g/mol. The van der Waals surface area contributed by atoms with Crippen LogP contribution >= 0.6 is 0 Å². The Kier molecular flexibility index (Phi) is 11.9. The van der Waals surface area contributed by atoms with Crippen molar-refractivity contribution in [2.45, 2.75) is 96.8 Å². The molecule has 0 saturated heterocycles. The molecule has 0 spiro atoms. The third kappa shape index (κ3) is 9.11. The summed E-state index contributed by atoms with van der Waals surface area (Å²) in [7, 11) is 0. The van der Waals surface area contributed by atoms with Crippen LogP contribution in [0.3, 0.4) is 0 Å². The average Bonchev–Trinajstić information content (AvgIpc) is 2.75. The Hall–Kier alpha value is -2.16. The lowest BCUT2D eigenvalue weighted by Gasteiger charge is -2.02. The number of allylic oxidation sites excluding steroid dienone is 2. The van der Waals surface area contributed by atoms with Crippen molar-refractivity contribution in [3.8, 4) is 0 Å². The summed E-state index contributed by atoms with van der Waals surface area (Å²) in [5.74, 6) is -0.105. The zero-order chi connectivity index (χ0) is 21.4. The molecule has 0 saturated carbocycles. The summed E-state index contributed by atoms with van der Waals surface area (Å²) in [6.07, 6.45) is 21.1. The second kappa shape index (κ2) is 14.8. The van der Waals surface area contributed by atoms with E-state index in [1.54, 1.807) is 12.1 Å². The maximum atomic E-state index is 12.4. The first kappa shape index (κ1) is 24.1. The predicted molar refractivity (Wildman–Crippen MR) is 126 cm³/mol. The van der Waals surface area contributed by atoms with E-state index in [-0.39, 0.29) is 11.3 Å². The van der Waals surface area contributed by atoms with Gasteiger partial charge in [-0.05, 0) is 44.2 Å². The first-order valence-corrected chi connectivity index (χ1v) is 11.9. The quantitative estimate of drug-likeness (QED) is 0.122. The van der Waals surface area contributed by atoms with Gasteiger partial charge in [0.2, 0.25) is 0 Å². The molecule has 3 heteroatoms. The highest BCUT2D eigenvalue weighted by molar-refractivity contribution is 5.98. The van der Waals surface area contributed by atoms with Crippen LogP contribution in [0.2, 0.25) is 0 Å². The van der Waals surface area contributed by atoms with Gasteiger partial charge in [0.05, 0.1) is 0 Å². The summed E-state index contributed by atoms with van der Waals surface area (Å²) in [6.45, 7) is 2.26. The van der Waals surface area contributed by atoms with Gasteiger partial charge in [0.15, 0.2) is 5.78 Å². The molecule has 0 amide bonds. The molecule has 0 atom stereocenters. The van der Waals surface area contributed by atoms with Crippen molar-refractivity contribution in [2.24, 2.45) is 0 Å². The molecular formula is C27H38O3. The summed E-state index contributed by atoms with van der Waals surface area (Å²) in [4.78, 5) is 24.4. The van der Waals surface area contributed by atoms with Gasteiger partial charge >= 0.3 is 5.63 Å². The van der Waals surface area contributed by atoms with E-state index in [0.29, 0.717) is 12.0 Å². The Balaban J connectivity index is 1.51. The van der Waals surface area contributed by atoms with Crippen LogP contribution in [-0.2, 0) is 0 Å². The number of Topliss-reactive ketones (excluding diaryl/α,β-unsaturated/α-hetero) is 1. The molecule has 30 heavy (non-hydrogen) atoms. The SMILES string of the molecule is CCCCCCCC/C=C/CCCCCCCC(=O)c1cc2ccccc2oc1=O. The molecule has 1 aromatic heterocycles. The second-order valence-corrected chi connectivity index (χ2v) is 8.24. The van der Waals surface area contributed by atoms with E-state index >= 15 is 0 Å². The summed E-state index contributed by atoms with van der Waals surface area (Å²) in [6, 6.07) is 8.96. The number of hydrogen-bond donors (Lipinski definition) is 0. The average molecular weight is 411 g/mol. The van der Waals surface area contributed by atoms with E-state index in [0.717, 1.165) is 31.1 Å². The topological polar surface area (TPSA) is 47.3 Å². The highest BCUT2D eigenvalue weighted by atomic mass is 16.4. The van der Waals surface area contributed by atoms with Gasteiger partial charge in [-0.3, -0.25) is 4.79 Å². The molecule has 0 unspecified atom stereocenters. The number of rotatable bonds is 16. The number of ketones is 1. The maximum Gasteiger partial charge on any atom is 0.347 e. The van der Waals surface area contributed by atoms with Gasteiger partial charge in [-0.25, -0.2) is 4.79 Å². The fourth-order valence-corrected chi connectivity index (χ4v) is 3.75. The fraction of sp³-hybridized carbons (Fsp3) is 0.556.